The van der Waals surface area contributed by atoms with Gasteiger partial charge in [-0.1, -0.05) is 12.1 Å². The number of nitrogens with one attached hydrogen (secondary N) is 1. The number of aryl methyl sites for hydroxylation is 2. The van der Waals surface area contributed by atoms with Gasteiger partial charge >= 0.3 is 0 Å². The second kappa shape index (κ2) is 13.7. The molecule has 0 saturated carbocycles. The third-order valence-electron chi connectivity index (χ3n) is 7.40. The molecule has 5 rings (SSSR count). The predicted molar refractivity (Wildman–Crippen MR) is 173 cm³/mol. The smallest absolute Gasteiger partial charge is 0.238 e. The number of nitrogens with zero attached hydrogens (tertiary/aromatic N) is 5. The molecule has 0 aliphatic carbocycles. The number of benzene rings is 2. The summed E-state index contributed by atoms with van der Waals surface area (Å²) in [5.74, 6) is 1.61. The zero-order valence-electron chi connectivity index (χ0n) is 24.4. The highest BCUT2D eigenvalue weighted by Crippen LogP contribution is 2.36. The SMILES string of the molecule is Cc1cc(/C=C/C#N)cc(C)c1Oc1nc(NC2CCN(Cc3ccc(S(N)(=O)=O)cc3)CC2)ncc1-c1ccnc(Br)c1. The first-order valence-corrected chi connectivity index (χ1v) is 16.4. The number of anilines is 1. The Kier molecular flexibility index (Phi) is 9.71. The number of hydrogen-bond acceptors (Lipinski definition) is 9. The lowest BCUT2D eigenvalue weighted by Crippen LogP contribution is -2.39. The first-order valence-electron chi connectivity index (χ1n) is 14.0. The van der Waals surface area contributed by atoms with E-state index in [1.165, 1.54) is 6.08 Å². The predicted octanol–water partition coefficient (Wildman–Crippen LogP) is 5.97. The molecule has 2 aromatic carbocycles. The molecular weight excluding hydrogens is 642 g/mol. The van der Waals surface area contributed by atoms with Crippen LogP contribution in [0, 0.1) is 25.2 Å². The fourth-order valence-corrected chi connectivity index (χ4v) is 6.09. The number of primary sulfonamides is 1. The number of nitriles is 1. The van der Waals surface area contributed by atoms with E-state index in [1.807, 2.05) is 56.3 Å². The fourth-order valence-electron chi connectivity index (χ4n) is 5.21. The summed E-state index contributed by atoms with van der Waals surface area (Å²) in [5, 5.41) is 17.6. The summed E-state index contributed by atoms with van der Waals surface area (Å²) >= 11 is 3.45. The first kappa shape index (κ1) is 31.3. The van der Waals surface area contributed by atoms with Crippen LogP contribution in [0.4, 0.5) is 5.95 Å². The van der Waals surface area contributed by atoms with Crippen LogP contribution in [0.1, 0.15) is 35.1 Å². The highest BCUT2D eigenvalue weighted by Gasteiger charge is 2.22. The average molecular weight is 675 g/mol. The Hall–Kier alpha value is -4.15. The molecule has 10 nitrogen and oxygen atoms in total. The van der Waals surface area contributed by atoms with Gasteiger partial charge in [-0.15, -0.1) is 0 Å². The Bertz CT molecular complexity index is 1810. The van der Waals surface area contributed by atoms with Crippen molar-refractivity contribution in [1.82, 2.24) is 19.9 Å². The first-order chi connectivity index (χ1) is 21.1. The molecule has 12 heteroatoms. The van der Waals surface area contributed by atoms with Crippen molar-refractivity contribution in [2.45, 2.75) is 44.2 Å². The lowest BCUT2D eigenvalue weighted by atomic mass is 10.0. The molecule has 3 heterocycles. The van der Waals surface area contributed by atoms with Crippen molar-refractivity contribution >= 4 is 38.0 Å². The molecule has 44 heavy (non-hydrogen) atoms. The maximum atomic E-state index is 11.5. The molecule has 226 valence electrons. The van der Waals surface area contributed by atoms with Crippen LogP contribution in [-0.4, -0.2) is 47.4 Å². The normalized spacial score (nSPS) is 14.4. The molecule has 0 unspecified atom stereocenters. The number of rotatable bonds is 9. The van der Waals surface area contributed by atoms with Gasteiger partial charge in [-0.2, -0.15) is 10.2 Å². The lowest BCUT2D eigenvalue weighted by Gasteiger charge is -2.32. The molecule has 1 aliphatic rings. The van der Waals surface area contributed by atoms with Gasteiger partial charge in [-0.3, -0.25) is 4.90 Å². The molecule has 0 bridgehead atoms. The summed E-state index contributed by atoms with van der Waals surface area (Å²) in [6.07, 6.45) is 8.49. The number of likely N-dealkylation sites (tertiary alicyclic amines) is 1. The number of halogens is 1. The van der Waals surface area contributed by atoms with Crippen molar-refractivity contribution in [3.63, 3.8) is 0 Å². The Morgan fingerprint density at radius 1 is 1.11 bits per heavy atom. The molecular formula is C32H32BrN7O3S. The van der Waals surface area contributed by atoms with Gasteiger partial charge in [0.25, 0.3) is 0 Å². The van der Waals surface area contributed by atoms with Crippen LogP contribution in [0.5, 0.6) is 11.6 Å². The molecule has 0 spiro atoms. The quantitative estimate of drug-likeness (QED) is 0.162. The van der Waals surface area contributed by atoms with Gasteiger partial charge in [-0.05, 0) is 113 Å². The molecule has 0 amide bonds. The van der Waals surface area contributed by atoms with Crippen molar-refractivity contribution in [3.05, 3.63) is 93.9 Å². The van der Waals surface area contributed by atoms with Gasteiger partial charge in [0.05, 0.1) is 16.5 Å². The minimum atomic E-state index is -3.70. The van der Waals surface area contributed by atoms with E-state index >= 15 is 0 Å². The van der Waals surface area contributed by atoms with Crippen LogP contribution in [0.3, 0.4) is 0 Å². The zero-order valence-corrected chi connectivity index (χ0v) is 26.8. The van der Waals surface area contributed by atoms with Gasteiger partial charge in [0, 0.05) is 44.1 Å². The maximum absolute atomic E-state index is 11.5. The van der Waals surface area contributed by atoms with Crippen LogP contribution in [0.2, 0.25) is 0 Å². The average Bonchev–Trinajstić information content (AvgIpc) is 2.99. The standard InChI is InChI=1S/C32H32BrN7O3S/c1-21-16-24(4-3-12-34)17-22(2)30(21)43-31-28(25-9-13-36-29(33)18-25)19-37-32(39-31)38-26-10-14-40(15-11-26)20-23-5-7-27(8-6-23)44(35,41)42/h3-9,13,16-19,26H,10-11,14-15,20H2,1-2H3,(H2,35,41,42)(H,37,38,39)/b4-3+. The number of allylic oxidation sites excluding steroid dienone is 1. The minimum Gasteiger partial charge on any atom is -0.438 e. The third-order valence-corrected chi connectivity index (χ3v) is 8.76. The van der Waals surface area contributed by atoms with Crippen molar-refractivity contribution in [3.8, 4) is 28.8 Å². The topological polar surface area (TPSA) is 147 Å². The summed E-state index contributed by atoms with van der Waals surface area (Å²) < 4.78 is 30.3. The molecule has 1 fully saturated rings. The number of aromatic nitrogens is 3. The minimum absolute atomic E-state index is 0.116. The number of piperidine rings is 1. The lowest BCUT2D eigenvalue weighted by molar-refractivity contribution is 0.211. The molecule has 4 aromatic rings. The maximum Gasteiger partial charge on any atom is 0.238 e. The highest BCUT2D eigenvalue weighted by atomic mass is 79.9. The largest absolute Gasteiger partial charge is 0.438 e. The summed E-state index contributed by atoms with van der Waals surface area (Å²) in [6.45, 7) is 6.40. The number of sulfonamides is 1. The van der Waals surface area contributed by atoms with Gasteiger partial charge in [0.15, 0.2) is 0 Å². The monoisotopic (exact) mass is 673 g/mol. The van der Waals surface area contributed by atoms with Crippen LogP contribution in [0.25, 0.3) is 17.2 Å². The van der Waals surface area contributed by atoms with Crippen molar-refractivity contribution < 1.29 is 13.2 Å². The zero-order chi connectivity index (χ0) is 31.3. The van der Waals surface area contributed by atoms with Crippen LogP contribution in [0.15, 0.2) is 76.5 Å². The van der Waals surface area contributed by atoms with E-state index in [4.69, 9.17) is 20.1 Å². The van der Waals surface area contributed by atoms with Gasteiger partial charge in [0.1, 0.15) is 10.4 Å². The number of nitrogens with two attached hydrogens (primary N) is 1. The molecule has 2 aromatic heterocycles. The van der Waals surface area contributed by atoms with E-state index in [0.717, 1.165) is 65.9 Å². The summed E-state index contributed by atoms with van der Waals surface area (Å²) in [6, 6.07) is 16.7. The number of ether oxygens (including phenoxy) is 1. The van der Waals surface area contributed by atoms with Gasteiger partial charge in [0.2, 0.25) is 21.9 Å². The van der Waals surface area contributed by atoms with Crippen LogP contribution >= 0.6 is 15.9 Å². The number of pyridine rings is 1. The molecule has 0 radical (unpaired) electrons. The van der Waals surface area contributed by atoms with E-state index in [2.05, 4.69) is 36.1 Å². The van der Waals surface area contributed by atoms with E-state index in [1.54, 1.807) is 30.6 Å². The Morgan fingerprint density at radius 3 is 2.45 bits per heavy atom. The van der Waals surface area contributed by atoms with E-state index < -0.39 is 10.0 Å². The van der Waals surface area contributed by atoms with E-state index in [0.29, 0.717) is 22.2 Å². The summed E-state index contributed by atoms with van der Waals surface area (Å²) in [4.78, 5) is 16.2. The third kappa shape index (κ3) is 7.86. The van der Waals surface area contributed by atoms with Crippen LogP contribution < -0.4 is 15.2 Å². The highest BCUT2D eigenvalue weighted by molar-refractivity contribution is 9.10. The van der Waals surface area contributed by atoms with E-state index in [9.17, 15) is 8.42 Å². The number of hydrogen-bond donors (Lipinski definition) is 2. The van der Waals surface area contributed by atoms with E-state index in [-0.39, 0.29) is 10.9 Å². The van der Waals surface area contributed by atoms with Crippen molar-refractivity contribution in [1.29, 1.82) is 5.26 Å². The second-order valence-electron chi connectivity index (χ2n) is 10.7. The molecule has 3 N–H and O–H groups in total. The van der Waals surface area contributed by atoms with Crippen LogP contribution in [-0.2, 0) is 16.6 Å². The summed E-state index contributed by atoms with van der Waals surface area (Å²) in [5.41, 5.74) is 5.39. The molecule has 1 saturated heterocycles. The van der Waals surface area contributed by atoms with Crippen molar-refractivity contribution in [2.24, 2.45) is 5.14 Å². The Morgan fingerprint density at radius 2 is 1.82 bits per heavy atom. The van der Waals surface area contributed by atoms with Crippen molar-refractivity contribution in [2.75, 3.05) is 18.4 Å². The second-order valence-corrected chi connectivity index (χ2v) is 13.1. The Labute approximate surface area is 265 Å². The fraction of sp³-hybridized carbons (Fsp3) is 0.250. The Balaban J connectivity index is 1.32. The van der Waals surface area contributed by atoms with Gasteiger partial charge in [-0.25, -0.2) is 23.5 Å². The summed E-state index contributed by atoms with van der Waals surface area (Å²) in [7, 11) is -3.70. The van der Waals surface area contributed by atoms with Gasteiger partial charge < -0.3 is 10.1 Å². The molecule has 1 aliphatic heterocycles. The molecule has 0 atom stereocenters.